The number of benzene rings is 1. The Morgan fingerprint density at radius 1 is 1.43 bits per heavy atom. The largest absolute Gasteiger partial charge is 0.335 e. The van der Waals surface area contributed by atoms with Crippen LogP contribution >= 0.6 is 26.6 Å². The molecule has 0 aromatic heterocycles. The topological polar surface area (TPSA) is 54.5 Å². The Morgan fingerprint density at radius 2 is 2.05 bits per heavy atom. The van der Waals surface area contributed by atoms with Gasteiger partial charge in [0.05, 0.1) is 10.5 Å². The molecule has 116 valence electrons. The highest BCUT2D eigenvalue weighted by Crippen LogP contribution is 2.31. The van der Waals surface area contributed by atoms with E-state index in [4.69, 9.17) is 10.7 Å². The van der Waals surface area contributed by atoms with Gasteiger partial charge in [-0.2, -0.15) is 0 Å². The number of nitrogens with zero attached hydrogens (tertiary/aromatic N) is 1. The minimum Gasteiger partial charge on any atom is -0.335 e. The molecule has 1 fully saturated rings. The molecule has 21 heavy (non-hydrogen) atoms. The van der Waals surface area contributed by atoms with Crippen LogP contribution in [-0.4, -0.2) is 31.8 Å². The zero-order valence-corrected chi connectivity index (χ0v) is 15.0. The van der Waals surface area contributed by atoms with Crippen LogP contribution in [0.3, 0.4) is 0 Å². The third-order valence-corrected chi connectivity index (χ3v) is 5.30. The second kappa shape index (κ2) is 6.26. The van der Waals surface area contributed by atoms with Gasteiger partial charge in [-0.25, -0.2) is 8.42 Å². The summed E-state index contributed by atoms with van der Waals surface area (Å²) >= 11 is 3.32. The fraction of sp³-hybridized carbons (Fsp3) is 0.500. The Balaban J connectivity index is 2.37. The number of halogens is 2. The molecule has 0 spiro atoms. The Hall–Kier alpha value is -0.590. The number of amides is 1. The highest BCUT2D eigenvalue weighted by atomic mass is 79.9. The molecule has 1 aromatic rings. The Bertz CT molecular complexity index is 656. The van der Waals surface area contributed by atoms with Crippen molar-refractivity contribution in [3.8, 4) is 0 Å². The first-order chi connectivity index (χ1) is 9.70. The maximum atomic E-state index is 12.7. The molecule has 0 unspecified atom stereocenters. The molecule has 1 aromatic carbocycles. The van der Waals surface area contributed by atoms with Gasteiger partial charge in [0.1, 0.15) is 0 Å². The van der Waals surface area contributed by atoms with Gasteiger partial charge in [-0.05, 0) is 52.9 Å². The van der Waals surface area contributed by atoms with E-state index in [0.29, 0.717) is 22.5 Å². The van der Waals surface area contributed by atoms with Gasteiger partial charge < -0.3 is 4.90 Å². The molecule has 4 nitrogen and oxygen atoms in total. The van der Waals surface area contributed by atoms with Crippen molar-refractivity contribution >= 4 is 41.6 Å². The smallest absolute Gasteiger partial charge is 0.261 e. The lowest BCUT2D eigenvalue weighted by Gasteiger charge is -2.25. The van der Waals surface area contributed by atoms with Crippen molar-refractivity contribution in [1.29, 1.82) is 0 Å². The Morgan fingerprint density at radius 3 is 2.52 bits per heavy atom. The summed E-state index contributed by atoms with van der Waals surface area (Å²) in [6.45, 7) is 4.77. The summed E-state index contributed by atoms with van der Waals surface area (Å²) in [6.07, 6.45) is 2.01. The quantitative estimate of drug-likeness (QED) is 0.717. The molecule has 0 heterocycles. The maximum absolute atomic E-state index is 12.7. The van der Waals surface area contributed by atoms with Crippen LogP contribution in [0.4, 0.5) is 0 Å². The van der Waals surface area contributed by atoms with Crippen LogP contribution in [-0.2, 0) is 9.05 Å². The van der Waals surface area contributed by atoms with Gasteiger partial charge in [0, 0.05) is 27.7 Å². The third kappa shape index (κ3) is 4.20. The summed E-state index contributed by atoms with van der Waals surface area (Å²) in [7, 11) is 1.51. The molecule has 1 saturated carbocycles. The normalized spacial score (nSPS) is 15.3. The van der Waals surface area contributed by atoms with E-state index < -0.39 is 9.05 Å². The number of carbonyl (C=O) groups is 1. The van der Waals surface area contributed by atoms with Crippen LogP contribution in [0.1, 0.15) is 37.0 Å². The predicted molar refractivity (Wildman–Crippen MR) is 86.1 cm³/mol. The van der Waals surface area contributed by atoms with E-state index in [1.165, 1.54) is 12.1 Å². The molecule has 0 bridgehead atoms. The zero-order chi connectivity index (χ0) is 15.8. The second-order valence-electron chi connectivity index (χ2n) is 5.66. The predicted octanol–water partition coefficient (Wildman–Crippen LogP) is 3.64. The summed E-state index contributed by atoms with van der Waals surface area (Å²) in [5, 5.41) is 0. The standard InChI is InChI=1S/C14H17BrClNO3S/c1-9(2)8-17(10-3-4-10)14(18)12-7-11(21(16,19)20)5-6-13(12)15/h5-7,9-10H,3-4,8H2,1-2H3. The van der Waals surface area contributed by atoms with Crippen LogP contribution in [0, 0.1) is 5.92 Å². The second-order valence-corrected chi connectivity index (χ2v) is 9.08. The van der Waals surface area contributed by atoms with Gasteiger partial charge in [0.2, 0.25) is 0 Å². The molecule has 1 amide bonds. The molecule has 0 N–H and O–H groups in total. The SMILES string of the molecule is CC(C)CN(C(=O)c1cc(S(=O)(=O)Cl)ccc1Br)C1CC1. The van der Waals surface area contributed by atoms with Gasteiger partial charge >= 0.3 is 0 Å². The van der Waals surface area contributed by atoms with Crippen LogP contribution in [0.2, 0.25) is 0 Å². The van der Waals surface area contributed by atoms with E-state index in [1.54, 1.807) is 6.07 Å². The Kier molecular flexibility index (Phi) is 5.00. The maximum Gasteiger partial charge on any atom is 0.261 e. The van der Waals surface area contributed by atoms with Gasteiger partial charge in [-0.1, -0.05) is 13.8 Å². The van der Waals surface area contributed by atoms with E-state index in [0.717, 1.165) is 12.8 Å². The van der Waals surface area contributed by atoms with Gasteiger partial charge in [-0.3, -0.25) is 4.79 Å². The Labute approximate surface area is 138 Å². The third-order valence-electron chi connectivity index (χ3n) is 3.26. The van der Waals surface area contributed by atoms with Crippen molar-refractivity contribution in [3.05, 3.63) is 28.2 Å². The molecule has 0 aliphatic heterocycles. The van der Waals surface area contributed by atoms with Crippen LogP contribution in [0.25, 0.3) is 0 Å². The summed E-state index contributed by atoms with van der Waals surface area (Å²) in [4.78, 5) is 14.5. The first-order valence-corrected chi connectivity index (χ1v) is 9.85. The lowest BCUT2D eigenvalue weighted by molar-refractivity contribution is 0.0721. The van der Waals surface area contributed by atoms with E-state index in [2.05, 4.69) is 29.8 Å². The summed E-state index contributed by atoms with van der Waals surface area (Å²) < 4.78 is 23.5. The van der Waals surface area contributed by atoms with Crippen molar-refractivity contribution in [2.24, 2.45) is 5.92 Å². The van der Waals surface area contributed by atoms with Crippen molar-refractivity contribution < 1.29 is 13.2 Å². The molecule has 1 aliphatic rings. The minimum atomic E-state index is -3.85. The van der Waals surface area contributed by atoms with Crippen molar-refractivity contribution in [1.82, 2.24) is 4.90 Å². The number of rotatable bonds is 5. The van der Waals surface area contributed by atoms with Crippen molar-refractivity contribution in [3.63, 3.8) is 0 Å². The van der Waals surface area contributed by atoms with E-state index in [-0.39, 0.29) is 16.8 Å². The first kappa shape index (κ1) is 16.8. The molecular formula is C14H17BrClNO3S. The molecule has 0 saturated heterocycles. The summed E-state index contributed by atoms with van der Waals surface area (Å²) in [5.41, 5.74) is 0.337. The van der Waals surface area contributed by atoms with Crippen LogP contribution < -0.4 is 0 Å². The van der Waals surface area contributed by atoms with Crippen molar-refractivity contribution in [2.45, 2.75) is 37.6 Å². The molecule has 2 rings (SSSR count). The minimum absolute atomic E-state index is 0.0592. The van der Waals surface area contributed by atoms with Gasteiger partial charge in [0.25, 0.3) is 15.0 Å². The number of hydrogen-bond acceptors (Lipinski definition) is 3. The number of hydrogen-bond donors (Lipinski definition) is 0. The fourth-order valence-electron chi connectivity index (χ4n) is 2.15. The van der Waals surface area contributed by atoms with Crippen LogP contribution in [0.15, 0.2) is 27.6 Å². The average molecular weight is 395 g/mol. The highest BCUT2D eigenvalue weighted by molar-refractivity contribution is 9.10. The van der Waals surface area contributed by atoms with E-state index in [1.807, 2.05) is 4.90 Å². The lowest BCUT2D eigenvalue weighted by atomic mass is 10.1. The summed E-state index contributed by atoms with van der Waals surface area (Å²) in [5.74, 6) is 0.202. The van der Waals surface area contributed by atoms with Crippen LogP contribution in [0.5, 0.6) is 0 Å². The summed E-state index contributed by atoms with van der Waals surface area (Å²) in [6, 6.07) is 4.53. The lowest BCUT2D eigenvalue weighted by Crippen LogP contribution is -2.36. The first-order valence-electron chi connectivity index (χ1n) is 6.75. The molecule has 0 radical (unpaired) electrons. The molecular weight excluding hydrogens is 378 g/mol. The average Bonchev–Trinajstić information content (AvgIpc) is 3.18. The molecule has 1 aliphatic carbocycles. The fourth-order valence-corrected chi connectivity index (χ4v) is 3.35. The molecule has 0 atom stereocenters. The monoisotopic (exact) mass is 393 g/mol. The van der Waals surface area contributed by atoms with Crippen molar-refractivity contribution in [2.75, 3.05) is 6.54 Å². The van der Waals surface area contributed by atoms with E-state index >= 15 is 0 Å². The van der Waals surface area contributed by atoms with E-state index in [9.17, 15) is 13.2 Å². The molecule has 7 heteroatoms. The van der Waals surface area contributed by atoms with Gasteiger partial charge in [-0.15, -0.1) is 0 Å². The zero-order valence-electron chi connectivity index (χ0n) is 11.8. The number of carbonyl (C=O) groups excluding carboxylic acids is 1. The van der Waals surface area contributed by atoms with Gasteiger partial charge in [0.15, 0.2) is 0 Å². The highest BCUT2D eigenvalue weighted by Gasteiger charge is 2.34.